The number of nitrogens with two attached hydrogens (primary N) is 1. The molecule has 3 aromatic rings. The number of ether oxygens (including phenoxy) is 1. The van der Waals surface area contributed by atoms with Crippen molar-refractivity contribution >= 4 is 28.7 Å². The Morgan fingerprint density at radius 1 is 1.33 bits per heavy atom. The van der Waals surface area contributed by atoms with Crippen LogP contribution in [0, 0.1) is 5.82 Å². The zero-order valence-electron chi connectivity index (χ0n) is 13.1. The number of furan rings is 1. The molecule has 0 atom stereocenters. The number of hydrogen-bond acceptors (Lipinski definition) is 4. The molecule has 0 fully saturated rings. The number of hydrogen-bond donors (Lipinski definition) is 1. The molecule has 0 aliphatic heterocycles. The van der Waals surface area contributed by atoms with E-state index in [-0.39, 0.29) is 12.4 Å². The Morgan fingerprint density at radius 3 is 2.67 bits per heavy atom. The van der Waals surface area contributed by atoms with E-state index >= 15 is 0 Å². The molecule has 0 saturated heterocycles. The largest absolute Gasteiger partial charge is 0.462 e. The lowest BCUT2D eigenvalue weighted by Gasteiger charge is -2.04. The van der Waals surface area contributed by atoms with Crippen molar-refractivity contribution in [1.29, 1.82) is 0 Å². The van der Waals surface area contributed by atoms with E-state index in [1.165, 1.54) is 12.1 Å². The highest BCUT2D eigenvalue weighted by Gasteiger charge is 2.24. The van der Waals surface area contributed by atoms with Gasteiger partial charge in [0.15, 0.2) is 0 Å². The van der Waals surface area contributed by atoms with Gasteiger partial charge in [0.1, 0.15) is 22.7 Å². The second-order valence-corrected chi connectivity index (χ2v) is 5.21. The van der Waals surface area contributed by atoms with Crippen LogP contribution in [0.3, 0.4) is 0 Å². The molecular weight excluding hydrogens is 309 g/mol. The Morgan fingerprint density at radius 2 is 2.04 bits per heavy atom. The van der Waals surface area contributed by atoms with Crippen LogP contribution in [-0.2, 0) is 4.74 Å². The molecule has 0 unspecified atom stereocenters. The zero-order valence-corrected chi connectivity index (χ0v) is 13.1. The van der Waals surface area contributed by atoms with Crippen molar-refractivity contribution in [3.63, 3.8) is 0 Å². The highest BCUT2D eigenvalue weighted by Crippen LogP contribution is 2.36. The van der Waals surface area contributed by atoms with Gasteiger partial charge in [0, 0.05) is 22.7 Å². The summed E-state index contributed by atoms with van der Waals surface area (Å²) in [6, 6.07) is 9.09. The molecular formula is C19H16FNO3. The van der Waals surface area contributed by atoms with E-state index in [0.717, 1.165) is 0 Å². The van der Waals surface area contributed by atoms with E-state index in [4.69, 9.17) is 14.9 Å². The van der Waals surface area contributed by atoms with E-state index in [2.05, 4.69) is 6.58 Å². The molecule has 0 bridgehead atoms. The molecule has 2 N–H and O–H groups in total. The van der Waals surface area contributed by atoms with Crippen LogP contribution in [0.2, 0.25) is 0 Å². The molecule has 0 amide bonds. The molecule has 2 aromatic carbocycles. The molecule has 0 spiro atoms. The lowest BCUT2D eigenvalue weighted by atomic mass is 10.0. The van der Waals surface area contributed by atoms with Gasteiger partial charge in [-0.3, -0.25) is 0 Å². The fraction of sp³-hybridized carbons (Fsp3) is 0.105. The first kappa shape index (κ1) is 15.8. The van der Waals surface area contributed by atoms with Crippen LogP contribution in [0.4, 0.5) is 10.1 Å². The number of benzene rings is 2. The molecule has 5 heteroatoms. The fourth-order valence-corrected chi connectivity index (χ4v) is 2.56. The number of carbonyl (C=O) groups is 1. The number of carbonyl (C=O) groups excluding carboxylic acids is 1. The summed E-state index contributed by atoms with van der Waals surface area (Å²) < 4.78 is 24.2. The third-order valence-corrected chi connectivity index (χ3v) is 3.70. The smallest absolute Gasteiger partial charge is 0.342 e. The first-order valence-electron chi connectivity index (χ1n) is 7.46. The molecule has 4 nitrogen and oxygen atoms in total. The zero-order chi connectivity index (χ0) is 17.3. The maximum atomic E-state index is 13.2. The third kappa shape index (κ3) is 2.65. The van der Waals surface area contributed by atoms with Crippen LogP contribution < -0.4 is 5.73 Å². The van der Waals surface area contributed by atoms with Gasteiger partial charge in [-0.05, 0) is 42.8 Å². The molecule has 0 aliphatic carbocycles. The predicted molar refractivity (Wildman–Crippen MR) is 92.1 cm³/mol. The van der Waals surface area contributed by atoms with Crippen LogP contribution >= 0.6 is 0 Å². The van der Waals surface area contributed by atoms with Crippen molar-refractivity contribution in [2.24, 2.45) is 0 Å². The van der Waals surface area contributed by atoms with Gasteiger partial charge in [0.05, 0.1) is 6.61 Å². The summed E-state index contributed by atoms with van der Waals surface area (Å²) in [5.41, 5.74) is 8.47. The SMILES string of the molecule is C=Cc1cc2c(C(=O)OCC)c(-c3ccc(F)cc3)oc2cc1N. The minimum Gasteiger partial charge on any atom is -0.462 e. The number of esters is 1. The topological polar surface area (TPSA) is 65.5 Å². The average molecular weight is 325 g/mol. The van der Waals surface area contributed by atoms with E-state index in [1.54, 1.807) is 37.3 Å². The third-order valence-electron chi connectivity index (χ3n) is 3.70. The number of nitrogen functional groups attached to an aromatic ring is 1. The van der Waals surface area contributed by atoms with Crippen molar-refractivity contribution in [1.82, 2.24) is 0 Å². The Hall–Kier alpha value is -3.08. The predicted octanol–water partition coefficient (Wildman–Crippen LogP) is 4.64. The minimum atomic E-state index is -0.504. The van der Waals surface area contributed by atoms with Crippen LogP contribution in [0.15, 0.2) is 47.4 Å². The molecule has 1 aromatic heterocycles. The lowest BCUT2D eigenvalue weighted by Crippen LogP contribution is -2.05. The summed E-state index contributed by atoms with van der Waals surface area (Å²) in [4.78, 5) is 12.5. The second-order valence-electron chi connectivity index (χ2n) is 5.21. The summed E-state index contributed by atoms with van der Waals surface area (Å²) in [5, 5.41) is 0.580. The van der Waals surface area contributed by atoms with Gasteiger partial charge >= 0.3 is 5.97 Å². The highest BCUT2D eigenvalue weighted by molar-refractivity contribution is 6.10. The first-order chi connectivity index (χ1) is 11.5. The Kier molecular flexibility index (Phi) is 4.08. The van der Waals surface area contributed by atoms with E-state index in [9.17, 15) is 9.18 Å². The van der Waals surface area contributed by atoms with Crippen molar-refractivity contribution in [2.75, 3.05) is 12.3 Å². The van der Waals surface area contributed by atoms with Crippen molar-refractivity contribution in [2.45, 2.75) is 6.92 Å². The number of halogens is 1. The van der Waals surface area contributed by atoms with Gasteiger partial charge in [-0.1, -0.05) is 12.7 Å². The van der Waals surface area contributed by atoms with Crippen LogP contribution in [0.5, 0.6) is 0 Å². The summed E-state index contributed by atoms with van der Waals surface area (Å²) in [5.74, 6) is -0.551. The second kappa shape index (κ2) is 6.20. The van der Waals surface area contributed by atoms with Gasteiger partial charge < -0.3 is 14.9 Å². The first-order valence-corrected chi connectivity index (χ1v) is 7.46. The molecule has 24 heavy (non-hydrogen) atoms. The van der Waals surface area contributed by atoms with Gasteiger partial charge in [0.2, 0.25) is 0 Å². The number of fused-ring (bicyclic) bond motifs is 1. The quantitative estimate of drug-likeness (QED) is 0.560. The normalized spacial score (nSPS) is 10.8. The highest BCUT2D eigenvalue weighted by atomic mass is 19.1. The van der Waals surface area contributed by atoms with E-state index in [1.807, 2.05) is 0 Å². The Bertz CT molecular complexity index is 926. The number of rotatable bonds is 4. The van der Waals surface area contributed by atoms with Crippen molar-refractivity contribution in [3.8, 4) is 11.3 Å². The Labute approximate surface area is 138 Å². The van der Waals surface area contributed by atoms with Gasteiger partial charge in [-0.25, -0.2) is 9.18 Å². The summed E-state index contributed by atoms with van der Waals surface area (Å²) in [6.45, 7) is 5.68. The minimum absolute atomic E-state index is 0.234. The number of anilines is 1. The molecule has 1 heterocycles. The molecule has 0 radical (unpaired) electrons. The monoisotopic (exact) mass is 325 g/mol. The summed E-state index contributed by atoms with van der Waals surface area (Å²) in [6.07, 6.45) is 1.61. The van der Waals surface area contributed by atoms with Crippen molar-refractivity contribution < 1.29 is 18.3 Å². The average Bonchev–Trinajstić information content (AvgIpc) is 2.93. The molecule has 0 saturated carbocycles. The van der Waals surface area contributed by atoms with Crippen LogP contribution in [0.25, 0.3) is 28.4 Å². The summed E-state index contributed by atoms with van der Waals surface area (Å²) >= 11 is 0. The van der Waals surface area contributed by atoms with Crippen LogP contribution in [0.1, 0.15) is 22.8 Å². The van der Waals surface area contributed by atoms with E-state index < -0.39 is 5.97 Å². The van der Waals surface area contributed by atoms with Gasteiger partial charge in [0.25, 0.3) is 0 Å². The van der Waals surface area contributed by atoms with Gasteiger partial charge in [-0.2, -0.15) is 0 Å². The fourth-order valence-electron chi connectivity index (χ4n) is 2.56. The van der Waals surface area contributed by atoms with Crippen molar-refractivity contribution in [3.05, 3.63) is 59.9 Å². The van der Waals surface area contributed by atoms with Crippen LogP contribution in [-0.4, -0.2) is 12.6 Å². The maximum Gasteiger partial charge on any atom is 0.342 e. The molecule has 0 aliphatic rings. The van der Waals surface area contributed by atoms with E-state index in [0.29, 0.717) is 39.1 Å². The van der Waals surface area contributed by atoms with Gasteiger partial charge in [-0.15, -0.1) is 0 Å². The lowest BCUT2D eigenvalue weighted by molar-refractivity contribution is 0.0529. The maximum absolute atomic E-state index is 13.2. The summed E-state index contributed by atoms with van der Waals surface area (Å²) in [7, 11) is 0. The molecule has 3 rings (SSSR count). The molecule has 122 valence electrons. The standard InChI is InChI=1S/C19H16FNO3/c1-3-11-9-14-16(10-15(11)21)24-18(17(14)19(22)23-4-2)12-5-7-13(20)8-6-12/h3,5-10H,1,4,21H2,2H3. The Balaban J connectivity index is 2.30.